The van der Waals surface area contributed by atoms with Crippen LogP contribution in [0.3, 0.4) is 0 Å². The number of aromatic nitrogens is 3. The van der Waals surface area contributed by atoms with Crippen molar-refractivity contribution in [1.29, 1.82) is 0 Å². The Morgan fingerprint density at radius 3 is 1.82 bits per heavy atom. The molecule has 0 radical (unpaired) electrons. The van der Waals surface area contributed by atoms with Crippen molar-refractivity contribution < 1.29 is 34.4 Å². The van der Waals surface area contributed by atoms with E-state index in [0.29, 0.717) is 28.0 Å². The van der Waals surface area contributed by atoms with Crippen LogP contribution in [0.2, 0.25) is 0 Å². The van der Waals surface area contributed by atoms with Gasteiger partial charge in [0.1, 0.15) is 11.6 Å². The molecule has 0 aliphatic carbocycles. The van der Waals surface area contributed by atoms with Gasteiger partial charge >= 0.3 is 0 Å². The van der Waals surface area contributed by atoms with Crippen molar-refractivity contribution in [3.63, 3.8) is 0 Å². The second-order valence-electron chi connectivity index (χ2n) is 23.2. The first-order chi connectivity index (χ1) is 33.7. The predicted molar refractivity (Wildman–Crippen MR) is 285 cm³/mol. The van der Waals surface area contributed by atoms with Gasteiger partial charge in [0.25, 0.3) is 0 Å². The zero-order chi connectivity index (χ0) is 53.7. The van der Waals surface area contributed by atoms with Crippen molar-refractivity contribution in [2.45, 2.75) is 132 Å². The third-order valence-corrected chi connectivity index (χ3v) is 12.3. The van der Waals surface area contributed by atoms with Crippen LogP contribution in [0.1, 0.15) is 140 Å². The number of phenols is 1. The topological polar surface area (TPSA) is 50.9 Å². The Balaban J connectivity index is 0.00000800. The molecule has 1 N–H and O–H groups in total. The summed E-state index contributed by atoms with van der Waals surface area (Å²) in [7, 11) is 0. The predicted octanol–water partition coefficient (Wildman–Crippen LogP) is 17.0. The van der Waals surface area contributed by atoms with Gasteiger partial charge in [-0.25, -0.2) is 4.98 Å². The Morgan fingerprint density at radius 2 is 1.21 bits per heavy atom. The Bertz CT molecular complexity index is 3430. The van der Waals surface area contributed by atoms with Gasteiger partial charge in [-0.3, -0.25) is 9.55 Å². The summed E-state index contributed by atoms with van der Waals surface area (Å²) in [5.41, 5.74) is 9.62. The van der Waals surface area contributed by atoms with Crippen molar-refractivity contribution >= 4 is 11.0 Å². The van der Waals surface area contributed by atoms with Crippen LogP contribution in [-0.2, 0) is 49.1 Å². The molecule has 0 atom stereocenters. The van der Waals surface area contributed by atoms with Crippen LogP contribution in [0.4, 0.5) is 0 Å². The van der Waals surface area contributed by atoms with E-state index in [9.17, 15) is 6.48 Å². The summed E-state index contributed by atoms with van der Waals surface area (Å²) in [6.07, 6.45) is -0.491. The van der Waals surface area contributed by atoms with Crippen LogP contribution >= 0.6 is 0 Å². The van der Waals surface area contributed by atoms with Crippen LogP contribution in [0.25, 0.3) is 72.7 Å². The minimum absolute atomic E-state index is 0. The monoisotopic (exact) mass is 1090 g/mol. The van der Waals surface area contributed by atoms with Gasteiger partial charge in [-0.2, -0.15) is 0 Å². The molecular formula is C63H70N3OPt-. The molecule has 0 bridgehead atoms. The van der Waals surface area contributed by atoms with E-state index < -0.39 is 17.2 Å². The molecule has 0 amide bonds. The van der Waals surface area contributed by atoms with Crippen molar-refractivity contribution in [3.8, 4) is 67.5 Å². The maximum Gasteiger partial charge on any atom is 0.148 e. The van der Waals surface area contributed by atoms with Crippen molar-refractivity contribution in [2.75, 3.05) is 0 Å². The van der Waals surface area contributed by atoms with Crippen molar-refractivity contribution in [1.82, 2.24) is 14.5 Å². The first-order valence-electron chi connectivity index (χ1n) is 26.5. The first-order valence-corrected chi connectivity index (χ1v) is 23.5. The zero-order valence-corrected chi connectivity index (χ0v) is 44.8. The Morgan fingerprint density at radius 1 is 0.588 bits per heavy atom. The largest absolute Gasteiger partial charge is 0.507 e. The van der Waals surface area contributed by atoms with Crippen molar-refractivity contribution in [2.24, 2.45) is 5.41 Å². The van der Waals surface area contributed by atoms with E-state index in [1.54, 1.807) is 20.8 Å². The van der Waals surface area contributed by atoms with E-state index >= 15 is 0 Å². The maximum atomic E-state index is 12.6. The number of fused-ring (bicyclic) bond motifs is 1. The van der Waals surface area contributed by atoms with Gasteiger partial charge in [-0.1, -0.05) is 200 Å². The SMILES string of the molecule is [2H]c1cc(C([2H])([2H])C(C)(C)C)cc([2H])c1-c1c([2H])cnc(-c2[c-]c(-c3cccc4c3nc(-c3cc(C(C)(C)C)cc(C(C)(C)C)c3O)n4-c3ccc(C(C)(C)C)cc3-c3ccccc3)cc(C(C)(C)C)c2)c1[2H].[Pt]. The van der Waals surface area contributed by atoms with E-state index in [2.05, 4.69) is 160 Å². The Kier molecular flexibility index (Phi) is 11.5. The van der Waals surface area contributed by atoms with Gasteiger partial charge in [0.15, 0.2) is 0 Å². The van der Waals surface area contributed by atoms with E-state index in [1.807, 2.05) is 24.3 Å². The second-order valence-corrected chi connectivity index (χ2v) is 23.2. The number of phenolic OH excluding ortho intramolecular Hbond substituents is 1. The quantitative estimate of drug-likeness (QED) is 0.162. The van der Waals surface area contributed by atoms with Gasteiger partial charge < -0.3 is 5.11 Å². The van der Waals surface area contributed by atoms with Crippen LogP contribution in [-0.4, -0.2) is 19.6 Å². The van der Waals surface area contributed by atoms with Crippen LogP contribution in [0.5, 0.6) is 5.75 Å². The number of para-hydroxylation sites is 1. The number of aromatic hydroxyl groups is 1. The summed E-state index contributed by atoms with van der Waals surface area (Å²) < 4.78 is 56.9. The molecule has 8 rings (SSSR count). The van der Waals surface area contributed by atoms with Crippen LogP contribution in [0.15, 0.2) is 133 Å². The molecule has 4 nitrogen and oxygen atoms in total. The van der Waals surface area contributed by atoms with E-state index in [0.717, 1.165) is 44.6 Å². The number of hydrogen-bond acceptors (Lipinski definition) is 3. The molecule has 6 aromatic carbocycles. The standard InChI is InChI=1S/C63H70N3O.Pt/c1-59(2,3)39-40-24-26-41(27-25-40)43-30-31-64-53(35-43)45-32-44(33-47(34-45)61(7,8)9)49-22-19-23-55-56(49)65-58(51-37-48(62(10,11)12)38-52(57(51)67)63(13,14)15)66(55)54-29-28-46(60(4,5)6)36-50(54)42-20-17-16-18-21-42;/h16-31,33-38,67H,39H2,1-15H3;/q-1;/i26D,27D,30D,35D,39D2;. The minimum atomic E-state index is -1.85. The smallest absolute Gasteiger partial charge is 0.148 e. The summed E-state index contributed by atoms with van der Waals surface area (Å²) in [4.78, 5) is 10.3. The van der Waals surface area contributed by atoms with Gasteiger partial charge in [0, 0.05) is 46.8 Å². The number of pyridine rings is 1. The fourth-order valence-electron chi connectivity index (χ4n) is 8.53. The second kappa shape index (κ2) is 18.4. The molecule has 0 fully saturated rings. The molecule has 0 spiro atoms. The summed E-state index contributed by atoms with van der Waals surface area (Å²) in [5, 5.41) is 12.6. The fourth-order valence-corrected chi connectivity index (χ4v) is 8.53. The minimum Gasteiger partial charge on any atom is -0.507 e. The van der Waals surface area contributed by atoms with Gasteiger partial charge in [-0.05, 0) is 97.1 Å². The molecule has 0 aliphatic rings. The number of hydrogen-bond donors (Lipinski definition) is 1. The molecular weight excluding hydrogens is 1010 g/mol. The van der Waals surface area contributed by atoms with Crippen LogP contribution < -0.4 is 0 Å². The van der Waals surface area contributed by atoms with Crippen LogP contribution in [0, 0.1) is 11.5 Å². The number of imidazole rings is 1. The number of benzene rings is 6. The maximum absolute atomic E-state index is 12.6. The first kappa shape index (κ1) is 42.5. The van der Waals surface area contributed by atoms with Gasteiger partial charge in [0.2, 0.25) is 0 Å². The summed E-state index contributed by atoms with van der Waals surface area (Å²) in [6.45, 7) is 31.3. The Labute approximate surface area is 430 Å². The average Bonchev–Trinajstić information content (AvgIpc) is 3.67. The molecule has 0 saturated carbocycles. The average molecular weight is 1090 g/mol. The summed E-state index contributed by atoms with van der Waals surface area (Å²) in [5.74, 6) is 0.751. The molecule has 8 aromatic rings. The van der Waals surface area contributed by atoms with Gasteiger partial charge in [-0.15, -0.1) is 29.3 Å². The molecule has 0 saturated heterocycles. The molecule has 2 aromatic heterocycles. The zero-order valence-electron chi connectivity index (χ0n) is 48.5. The summed E-state index contributed by atoms with van der Waals surface area (Å²) >= 11 is 0. The normalized spacial score (nSPS) is 14.1. The van der Waals surface area contributed by atoms with Gasteiger partial charge in [0.05, 0.1) is 27.8 Å². The molecule has 0 unspecified atom stereocenters. The molecule has 2 heterocycles. The van der Waals surface area contributed by atoms with E-state index in [-0.39, 0.29) is 89.6 Å². The number of nitrogens with zero attached hydrogens (tertiary/aromatic N) is 3. The Hall–Kier alpha value is -5.57. The number of rotatable bonds is 7. The third kappa shape index (κ3) is 10.5. The fraction of sp³-hybridized carbons (Fsp3) is 0.333. The van der Waals surface area contributed by atoms with Crippen molar-refractivity contribution in [3.05, 3.63) is 167 Å². The van der Waals surface area contributed by atoms with E-state index in [4.69, 9.17) is 16.8 Å². The van der Waals surface area contributed by atoms with E-state index in [1.165, 1.54) is 23.9 Å². The molecule has 68 heavy (non-hydrogen) atoms. The molecule has 0 aliphatic heterocycles. The summed E-state index contributed by atoms with van der Waals surface area (Å²) in [6, 6.07) is 37.4. The third-order valence-electron chi connectivity index (χ3n) is 12.3. The molecule has 354 valence electrons. The molecule has 5 heteroatoms.